The number of nitrogens with one attached hydrogen (secondary N) is 1. The molecule has 7 heteroatoms. The fourth-order valence-electron chi connectivity index (χ4n) is 2.92. The summed E-state index contributed by atoms with van der Waals surface area (Å²) < 4.78 is 5.39. The summed E-state index contributed by atoms with van der Waals surface area (Å²) >= 11 is 1.27. The Bertz CT molecular complexity index is 835. The number of hydrogen-bond donors (Lipinski definition) is 2. The van der Waals surface area contributed by atoms with Crippen LogP contribution in [0.5, 0.6) is 0 Å². The van der Waals surface area contributed by atoms with Gasteiger partial charge in [0.1, 0.15) is 0 Å². The molecule has 142 valence electrons. The van der Waals surface area contributed by atoms with Crippen molar-refractivity contribution < 1.29 is 14.3 Å². The summed E-state index contributed by atoms with van der Waals surface area (Å²) in [4.78, 5) is 26.8. The Morgan fingerprint density at radius 1 is 1.19 bits per heavy atom. The second-order valence-corrected chi connectivity index (χ2v) is 7.32. The van der Waals surface area contributed by atoms with Crippen LogP contribution in [0.4, 0.5) is 11.4 Å². The molecule has 1 aliphatic heterocycles. The van der Waals surface area contributed by atoms with Gasteiger partial charge < -0.3 is 20.7 Å². The van der Waals surface area contributed by atoms with Crippen LogP contribution in [-0.4, -0.2) is 43.9 Å². The summed E-state index contributed by atoms with van der Waals surface area (Å²) in [6, 6.07) is 13.2. The molecule has 1 fully saturated rings. The fraction of sp³-hybridized carbons (Fsp3) is 0.300. The first-order valence-electron chi connectivity index (χ1n) is 8.79. The van der Waals surface area contributed by atoms with E-state index in [1.807, 2.05) is 31.2 Å². The first-order valence-corrected chi connectivity index (χ1v) is 9.78. The maximum Gasteiger partial charge on any atom is 0.256 e. The predicted molar refractivity (Wildman–Crippen MR) is 109 cm³/mol. The molecule has 2 aromatic rings. The van der Waals surface area contributed by atoms with Gasteiger partial charge in [-0.2, -0.15) is 0 Å². The number of primary amides is 1. The van der Waals surface area contributed by atoms with Crippen molar-refractivity contribution in [1.82, 2.24) is 0 Å². The number of ether oxygens (including phenoxy) is 1. The Morgan fingerprint density at radius 2 is 1.93 bits per heavy atom. The zero-order valence-electron chi connectivity index (χ0n) is 15.2. The van der Waals surface area contributed by atoms with Gasteiger partial charge in [-0.25, -0.2) is 0 Å². The zero-order chi connectivity index (χ0) is 19.2. The molecule has 1 heterocycles. The predicted octanol–water partition coefficient (Wildman–Crippen LogP) is 2.66. The second kappa shape index (κ2) is 8.92. The number of hydrogen-bond acceptors (Lipinski definition) is 5. The quantitative estimate of drug-likeness (QED) is 0.747. The molecule has 6 nitrogen and oxygen atoms in total. The average Bonchev–Trinajstić information content (AvgIpc) is 2.68. The Hall–Kier alpha value is -2.51. The first kappa shape index (κ1) is 19.3. The number of carbonyl (C=O) groups excluding carboxylic acids is 2. The fourth-order valence-corrected chi connectivity index (χ4v) is 3.71. The van der Waals surface area contributed by atoms with Crippen LogP contribution in [0.25, 0.3) is 0 Å². The van der Waals surface area contributed by atoms with E-state index >= 15 is 0 Å². The minimum atomic E-state index is -0.412. The summed E-state index contributed by atoms with van der Waals surface area (Å²) in [5, 5.41) is 2.97. The number of morpholine rings is 1. The highest BCUT2D eigenvalue weighted by Gasteiger charge is 2.15. The molecule has 0 spiro atoms. The molecule has 2 aromatic carbocycles. The van der Waals surface area contributed by atoms with E-state index in [1.165, 1.54) is 11.8 Å². The smallest absolute Gasteiger partial charge is 0.256 e. The van der Waals surface area contributed by atoms with Gasteiger partial charge in [-0.1, -0.05) is 12.1 Å². The van der Waals surface area contributed by atoms with Crippen LogP contribution >= 0.6 is 11.8 Å². The molecule has 0 radical (unpaired) electrons. The lowest BCUT2D eigenvalue weighted by atomic mass is 10.1. The number of carbonyl (C=O) groups is 2. The molecule has 0 saturated carbocycles. The van der Waals surface area contributed by atoms with Crippen molar-refractivity contribution >= 4 is 35.0 Å². The largest absolute Gasteiger partial charge is 0.378 e. The van der Waals surface area contributed by atoms with Crippen molar-refractivity contribution in [2.45, 2.75) is 11.8 Å². The molecule has 27 heavy (non-hydrogen) atoms. The molecule has 1 saturated heterocycles. The van der Waals surface area contributed by atoms with Gasteiger partial charge in [0.25, 0.3) is 5.91 Å². The Balaban J connectivity index is 1.73. The van der Waals surface area contributed by atoms with Crippen LogP contribution in [0, 0.1) is 6.92 Å². The molecule has 0 aliphatic carbocycles. The normalized spacial score (nSPS) is 14.0. The highest BCUT2D eigenvalue weighted by molar-refractivity contribution is 8.00. The molecule has 1 aliphatic rings. The van der Waals surface area contributed by atoms with E-state index in [1.54, 1.807) is 12.1 Å². The third-order valence-electron chi connectivity index (χ3n) is 4.34. The summed E-state index contributed by atoms with van der Waals surface area (Å²) in [7, 11) is 0. The zero-order valence-corrected chi connectivity index (χ0v) is 16.1. The van der Waals surface area contributed by atoms with Crippen molar-refractivity contribution in [3.63, 3.8) is 0 Å². The van der Waals surface area contributed by atoms with Crippen LogP contribution in [0.3, 0.4) is 0 Å². The SMILES string of the molecule is Cc1cc(N2CCOCC2)ccc1NC(=O)c1ccccc1SCC(N)=O. The maximum atomic E-state index is 12.8. The number of rotatable bonds is 6. The van der Waals surface area contributed by atoms with Crippen LogP contribution in [-0.2, 0) is 9.53 Å². The van der Waals surface area contributed by atoms with E-state index < -0.39 is 5.91 Å². The van der Waals surface area contributed by atoms with Crippen molar-refractivity contribution in [3.8, 4) is 0 Å². The number of nitrogens with zero attached hydrogens (tertiary/aromatic N) is 1. The molecule has 0 aromatic heterocycles. The molecular formula is C20H23N3O3S. The van der Waals surface area contributed by atoms with E-state index in [2.05, 4.69) is 16.3 Å². The number of thioether (sulfide) groups is 1. The van der Waals surface area contributed by atoms with Gasteiger partial charge in [0.05, 0.1) is 24.5 Å². The van der Waals surface area contributed by atoms with Crippen molar-refractivity contribution in [2.24, 2.45) is 5.73 Å². The summed E-state index contributed by atoms with van der Waals surface area (Å²) in [5.41, 5.74) is 8.64. The van der Waals surface area contributed by atoms with Gasteiger partial charge >= 0.3 is 0 Å². The van der Waals surface area contributed by atoms with Gasteiger partial charge in [-0.15, -0.1) is 11.8 Å². The van der Waals surface area contributed by atoms with Gasteiger partial charge in [0.2, 0.25) is 5.91 Å². The molecule has 0 unspecified atom stereocenters. The lowest BCUT2D eigenvalue weighted by Gasteiger charge is -2.29. The van der Waals surface area contributed by atoms with E-state index in [-0.39, 0.29) is 11.7 Å². The molecular weight excluding hydrogens is 362 g/mol. The van der Waals surface area contributed by atoms with Crippen molar-refractivity contribution in [2.75, 3.05) is 42.3 Å². The highest BCUT2D eigenvalue weighted by Crippen LogP contribution is 2.26. The Labute approximate surface area is 163 Å². The van der Waals surface area contributed by atoms with E-state index in [0.717, 1.165) is 48.1 Å². The van der Waals surface area contributed by atoms with E-state index in [0.29, 0.717) is 5.56 Å². The minimum absolute atomic E-state index is 0.136. The molecule has 3 N–H and O–H groups in total. The van der Waals surface area contributed by atoms with Gasteiger partial charge in [-0.05, 0) is 42.8 Å². The number of amides is 2. The lowest BCUT2D eigenvalue weighted by molar-refractivity contribution is -0.115. The van der Waals surface area contributed by atoms with Gasteiger partial charge in [-0.3, -0.25) is 9.59 Å². The number of nitrogens with two attached hydrogens (primary N) is 1. The summed E-state index contributed by atoms with van der Waals surface area (Å²) in [6.45, 7) is 5.19. The van der Waals surface area contributed by atoms with Crippen LogP contribution in [0.15, 0.2) is 47.4 Å². The topological polar surface area (TPSA) is 84.7 Å². The molecule has 3 rings (SSSR count). The average molecular weight is 385 g/mol. The summed E-state index contributed by atoms with van der Waals surface area (Å²) in [6.07, 6.45) is 0. The standard InChI is InChI=1S/C20H23N3O3S/c1-14-12-15(23-8-10-26-11-9-23)6-7-17(14)22-20(25)16-4-2-3-5-18(16)27-13-19(21)24/h2-7,12H,8-11,13H2,1H3,(H2,21,24)(H,22,25). The third-order valence-corrected chi connectivity index (χ3v) is 5.43. The molecule has 2 amide bonds. The summed E-state index contributed by atoms with van der Waals surface area (Å²) in [5.74, 6) is -0.480. The van der Waals surface area contributed by atoms with Crippen LogP contribution in [0.2, 0.25) is 0 Å². The maximum absolute atomic E-state index is 12.8. The monoisotopic (exact) mass is 385 g/mol. The second-order valence-electron chi connectivity index (χ2n) is 6.30. The van der Waals surface area contributed by atoms with Crippen LogP contribution < -0.4 is 16.0 Å². The first-order chi connectivity index (χ1) is 13.0. The van der Waals surface area contributed by atoms with Gasteiger partial charge in [0, 0.05) is 29.4 Å². The van der Waals surface area contributed by atoms with Crippen LogP contribution in [0.1, 0.15) is 15.9 Å². The minimum Gasteiger partial charge on any atom is -0.378 e. The Kier molecular flexibility index (Phi) is 6.36. The number of anilines is 2. The lowest BCUT2D eigenvalue weighted by Crippen LogP contribution is -2.36. The van der Waals surface area contributed by atoms with Gasteiger partial charge in [0.15, 0.2) is 0 Å². The van der Waals surface area contributed by atoms with Crippen molar-refractivity contribution in [1.29, 1.82) is 0 Å². The highest BCUT2D eigenvalue weighted by atomic mass is 32.2. The Morgan fingerprint density at radius 3 is 2.63 bits per heavy atom. The third kappa shape index (κ3) is 5.02. The molecule has 0 atom stereocenters. The van der Waals surface area contributed by atoms with Crippen molar-refractivity contribution in [3.05, 3.63) is 53.6 Å². The molecule has 0 bridgehead atoms. The van der Waals surface area contributed by atoms with E-state index in [4.69, 9.17) is 10.5 Å². The number of benzene rings is 2. The van der Waals surface area contributed by atoms with E-state index in [9.17, 15) is 9.59 Å². The number of aryl methyl sites for hydroxylation is 1.